The van der Waals surface area contributed by atoms with Crippen LogP contribution >= 0.6 is 0 Å². The molecule has 1 N–H and O–H groups in total. The molecule has 0 bridgehead atoms. The molecule has 1 saturated heterocycles. The summed E-state index contributed by atoms with van der Waals surface area (Å²) in [5, 5.41) is 2.72. The average molecular weight is 493 g/mol. The lowest BCUT2D eigenvalue weighted by Crippen LogP contribution is -2.40. The third kappa shape index (κ3) is 8.40. The summed E-state index contributed by atoms with van der Waals surface area (Å²) >= 11 is 0. The molecule has 2 unspecified atom stereocenters. The van der Waals surface area contributed by atoms with Gasteiger partial charge in [0.25, 0.3) is 0 Å². The quantitative estimate of drug-likeness (QED) is 0.427. The van der Waals surface area contributed by atoms with Gasteiger partial charge in [-0.05, 0) is 23.7 Å². The van der Waals surface area contributed by atoms with Crippen LogP contribution in [-0.4, -0.2) is 54.6 Å². The van der Waals surface area contributed by atoms with Gasteiger partial charge in [0.1, 0.15) is 23.4 Å². The van der Waals surface area contributed by atoms with Gasteiger partial charge < -0.3 is 14.4 Å². The molecule has 0 aromatic heterocycles. The van der Waals surface area contributed by atoms with Crippen LogP contribution in [0.1, 0.15) is 24.0 Å². The van der Waals surface area contributed by atoms with Gasteiger partial charge in [-0.3, -0.25) is 0 Å². The van der Waals surface area contributed by atoms with Gasteiger partial charge in [-0.15, -0.1) is 0 Å². The summed E-state index contributed by atoms with van der Waals surface area (Å²) in [6.07, 6.45) is -0.406. The van der Waals surface area contributed by atoms with E-state index in [0.717, 1.165) is 6.61 Å². The van der Waals surface area contributed by atoms with Gasteiger partial charge >= 0.3 is 5.25 Å². The van der Waals surface area contributed by atoms with Crippen LogP contribution in [0.2, 0.25) is 0 Å². The first-order valence-corrected chi connectivity index (χ1v) is 13.2. The first kappa shape index (κ1) is 26.7. The van der Waals surface area contributed by atoms with E-state index in [0.29, 0.717) is 17.0 Å². The van der Waals surface area contributed by atoms with Gasteiger partial charge in [0.15, 0.2) is 16.3 Å². The summed E-state index contributed by atoms with van der Waals surface area (Å²) < 4.78 is 70.3. The Morgan fingerprint density at radius 2 is 1.56 bits per heavy atom. The van der Waals surface area contributed by atoms with Gasteiger partial charge in [0, 0.05) is 17.7 Å². The average Bonchev–Trinajstić information content (AvgIpc) is 3.27. The maximum absolute atomic E-state index is 11.9. The molecule has 5 nitrogen and oxygen atoms in total. The molecule has 0 aliphatic carbocycles. The van der Waals surface area contributed by atoms with Crippen molar-refractivity contribution in [3.8, 4) is 0 Å². The highest BCUT2D eigenvalue weighted by Gasteiger charge is 2.46. The lowest BCUT2D eigenvalue weighted by atomic mass is 10.2. The second-order valence-electron chi connectivity index (χ2n) is 7.34. The van der Waals surface area contributed by atoms with E-state index in [4.69, 9.17) is 9.84 Å². The largest absolute Gasteiger partial charge is 0.743 e. The minimum Gasteiger partial charge on any atom is -0.743 e. The SMILES string of the molecule is O=S(=O)([O-])C(F)(F)C(F)CO.c1ccc(C[S+](Cc2ccccc2)CC2CCCO2)cc1. The fourth-order valence-corrected chi connectivity index (χ4v) is 5.93. The molecule has 0 saturated carbocycles. The van der Waals surface area contributed by atoms with Crippen LogP contribution < -0.4 is 0 Å². The van der Waals surface area contributed by atoms with Crippen LogP contribution in [0, 0.1) is 0 Å². The number of alkyl halides is 3. The molecule has 0 spiro atoms. The predicted octanol–water partition coefficient (Wildman–Crippen LogP) is 3.64. The van der Waals surface area contributed by atoms with Crippen molar-refractivity contribution in [1.82, 2.24) is 0 Å². The monoisotopic (exact) mass is 492 g/mol. The number of halogens is 3. The molecule has 32 heavy (non-hydrogen) atoms. The van der Waals surface area contributed by atoms with E-state index in [-0.39, 0.29) is 0 Å². The lowest BCUT2D eigenvalue weighted by molar-refractivity contribution is -0.0273. The van der Waals surface area contributed by atoms with Gasteiger partial charge in [-0.1, -0.05) is 60.7 Å². The standard InChI is InChI=1S/C19H23OS.C3H5F3O4S/c1-3-8-17(9-4-1)14-21(16-19-12-7-13-20-19)15-18-10-5-2-6-11-18;4-2(1-7)3(5,6)11(8,9)10/h1-6,8-11,19H,7,12-16H2;2,7H,1H2,(H,8,9,10)/q+1;/p-1. The van der Waals surface area contributed by atoms with E-state index >= 15 is 0 Å². The van der Waals surface area contributed by atoms with Crippen molar-refractivity contribution >= 4 is 21.0 Å². The summed E-state index contributed by atoms with van der Waals surface area (Å²) in [5.41, 5.74) is 2.91. The van der Waals surface area contributed by atoms with Crippen LogP contribution in [0.15, 0.2) is 60.7 Å². The Hall–Kier alpha value is -1.59. The number of benzene rings is 2. The normalized spacial score (nSPS) is 17.6. The van der Waals surface area contributed by atoms with Crippen molar-refractivity contribution < 1.29 is 36.0 Å². The molecule has 1 aliphatic rings. The second kappa shape index (κ2) is 12.6. The van der Waals surface area contributed by atoms with Gasteiger partial charge in [-0.25, -0.2) is 12.8 Å². The van der Waals surface area contributed by atoms with E-state index in [2.05, 4.69) is 60.7 Å². The Kier molecular flexibility index (Phi) is 10.5. The summed E-state index contributed by atoms with van der Waals surface area (Å²) in [6.45, 7) is -0.757. The maximum atomic E-state index is 11.9. The minimum atomic E-state index is -6.03. The zero-order chi connectivity index (χ0) is 23.6. The minimum absolute atomic E-state index is 0.359. The number of rotatable bonds is 9. The Balaban J connectivity index is 0.000000282. The predicted molar refractivity (Wildman–Crippen MR) is 118 cm³/mol. The van der Waals surface area contributed by atoms with E-state index in [1.807, 2.05) is 0 Å². The van der Waals surface area contributed by atoms with Crippen LogP contribution in [0.3, 0.4) is 0 Å². The van der Waals surface area contributed by atoms with Gasteiger partial charge in [0.2, 0.25) is 0 Å². The van der Waals surface area contributed by atoms with E-state index < -0.39 is 28.2 Å². The van der Waals surface area contributed by atoms with Crippen molar-refractivity contribution in [3.05, 3.63) is 71.8 Å². The summed E-state index contributed by atoms with van der Waals surface area (Å²) in [7, 11) is -5.67. The van der Waals surface area contributed by atoms with E-state index in [9.17, 15) is 26.1 Å². The fourth-order valence-electron chi connectivity index (χ4n) is 3.09. The summed E-state index contributed by atoms with van der Waals surface area (Å²) in [4.78, 5) is 0. The smallest absolute Gasteiger partial charge is 0.367 e. The highest BCUT2D eigenvalue weighted by molar-refractivity contribution is 7.95. The first-order valence-electron chi connectivity index (χ1n) is 10.0. The Labute approximate surface area is 189 Å². The molecule has 2 aromatic carbocycles. The van der Waals surface area contributed by atoms with Crippen LogP contribution in [0.25, 0.3) is 0 Å². The highest BCUT2D eigenvalue weighted by Crippen LogP contribution is 2.26. The third-order valence-corrected chi connectivity index (χ3v) is 7.98. The summed E-state index contributed by atoms with van der Waals surface area (Å²) in [6, 6.07) is 21.8. The topological polar surface area (TPSA) is 86.7 Å². The van der Waals surface area contributed by atoms with Crippen molar-refractivity contribution in [2.45, 2.75) is 41.9 Å². The Morgan fingerprint density at radius 3 is 1.91 bits per heavy atom. The maximum Gasteiger partial charge on any atom is 0.367 e. The molecule has 0 amide bonds. The van der Waals surface area contributed by atoms with Crippen molar-refractivity contribution in [1.29, 1.82) is 0 Å². The lowest BCUT2D eigenvalue weighted by Gasteiger charge is -2.21. The van der Waals surface area contributed by atoms with Crippen molar-refractivity contribution in [2.75, 3.05) is 19.0 Å². The molecule has 10 heteroatoms. The number of aliphatic hydroxyl groups excluding tert-OH is 1. The van der Waals surface area contributed by atoms with Gasteiger partial charge in [0.05, 0.1) is 6.61 Å². The first-order chi connectivity index (χ1) is 15.1. The molecule has 178 valence electrons. The molecule has 1 fully saturated rings. The Bertz CT molecular complexity index is 851. The molecule has 1 heterocycles. The van der Waals surface area contributed by atoms with Gasteiger partial charge in [-0.2, -0.15) is 8.78 Å². The Morgan fingerprint density at radius 1 is 1.06 bits per heavy atom. The van der Waals surface area contributed by atoms with E-state index in [1.165, 1.54) is 41.2 Å². The molecule has 2 aromatic rings. The number of hydrogen-bond donors (Lipinski definition) is 1. The number of hydrogen-bond acceptors (Lipinski definition) is 5. The molecule has 3 rings (SSSR count). The molecular weight excluding hydrogens is 465 g/mol. The van der Waals surface area contributed by atoms with Crippen molar-refractivity contribution in [2.24, 2.45) is 0 Å². The number of ether oxygens (including phenoxy) is 1. The van der Waals surface area contributed by atoms with Crippen LogP contribution in [0.4, 0.5) is 13.2 Å². The number of aliphatic hydroxyl groups is 1. The molecular formula is C22H27F3O5S2. The third-order valence-electron chi connectivity index (χ3n) is 4.73. The van der Waals surface area contributed by atoms with Crippen molar-refractivity contribution in [3.63, 3.8) is 0 Å². The molecule has 1 aliphatic heterocycles. The molecule has 2 atom stereocenters. The summed E-state index contributed by atoms with van der Waals surface area (Å²) in [5.74, 6) is 3.56. The van der Waals surface area contributed by atoms with E-state index in [1.54, 1.807) is 0 Å². The molecule has 0 radical (unpaired) electrons. The van der Waals surface area contributed by atoms with Crippen LogP contribution in [-0.2, 0) is 37.3 Å². The highest BCUT2D eigenvalue weighted by atomic mass is 32.2. The fraction of sp³-hybridized carbons (Fsp3) is 0.455. The zero-order valence-electron chi connectivity index (χ0n) is 17.4. The zero-order valence-corrected chi connectivity index (χ0v) is 19.0. The van der Waals surface area contributed by atoms with Crippen LogP contribution in [0.5, 0.6) is 0 Å². The second-order valence-corrected chi connectivity index (χ2v) is 10.9.